The number of nitrogens with zero attached hydrogens (tertiary/aromatic N) is 2. The van der Waals surface area contributed by atoms with Crippen molar-refractivity contribution < 1.29 is 9.59 Å². The molecule has 1 aromatic heterocycles. The summed E-state index contributed by atoms with van der Waals surface area (Å²) in [5.41, 5.74) is 1.42. The van der Waals surface area contributed by atoms with Gasteiger partial charge in [-0.15, -0.1) is 0 Å². The Bertz CT molecular complexity index is 528. The van der Waals surface area contributed by atoms with Crippen molar-refractivity contribution in [2.45, 2.75) is 38.8 Å². The summed E-state index contributed by atoms with van der Waals surface area (Å²) in [5.74, 6) is -1.28. The van der Waals surface area contributed by atoms with E-state index in [0.717, 1.165) is 5.56 Å². The van der Waals surface area contributed by atoms with Crippen LogP contribution < -0.4 is 10.6 Å². The Balaban J connectivity index is 1.80. The molecular formula is C15H22N4O2. The van der Waals surface area contributed by atoms with Gasteiger partial charge in [-0.2, -0.15) is 0 Å². The number of amides is 2. The Morgan fingerprint density at radius 3 is 2.76 bits per heavy atom. The summed E-state index contributed by atoms with van der Waals surface area (Å²) < 4.78 is 0. The predicted octanol–water partition coefficient (Wildman–Crippen LogP) is 0.927. The second kappa shape index (κ2) is 6.67. The highest BCUT2D eigenvalue weighted by Gasteiger charge is 2.29. The Labute approximate surface area is 124 Å². The third-order valence-electron chi connectivity index (χ3n) is 3.87. The number of pyridine rings is 1. The molecule has 1 fully saturated rings. The first-order valence-corrected chi connectivity index (χ1v) is 7.20. The van der Waals surface area contributed by atoms with Crippen molar-refractivity contribution in [3.63, 3.8) is 0 Å². The van der Waals surface area contributed by atoms with E-state index in [1.807, 2.05) is 20.9 Å². The SMILES string of the molecule is Cc1ccncc1NC(=O)C(=O)NCC(C)N(C)C1CC1. The Morgan fingerprint density at radius 2 is 2.14 bits per heavy atom. The van der Waals surface area contributed by atoms with Crippen LogP contribution in [0.15, 0.2) is 18.5 Å². The molecule has 1 unspecified atom stereocenters. The minimum Gasteiger partial charge on any atom is -0.346 e. The standard InChI is InChI=1S/C15H22N4O2/c1-10-6-7-16-9-13(10)18-15(21)14(20)17-8-11(2)19(3)12-4-5-12/h6-7,9,11-12H,4-5,8H2,1-3H3,(H,17,20)(H,18,21). The van der Waals surface area contributed by atoms with Crippen molar-refractivity contribution in [2.24, 2.45) is 0 Å². The molecule has 6 heteroatoms. The Morgan fingerprint density at radius 1 is 1.43 bits per heavy atom. The van der Waals surface area contributed by atoms with Crippen molar-refractivity contribution in [1.82, 2.24) is 15.2 Å². The predicted molar refractivity (Wildman–Crippen MR) is 80.9 cm³/mol. The molecule has 1 heterocycles. The number of aromatic nitrogens is 1. The van der Waals surface area contributed by atoms with E-state index in [1.54, 1.807) is 12.3 Å². The van der Waals surface area contributed by atoms with Crippen molar-refractivity contribution in [1.29, 1.82) is 0 Å². The van der Waals surface area contributed by atoms with Gasteiger partial charge in [0, 0.05) is 24.8 Å². The molecule has 2 amide bonds. The molecule has 2 rings (SSSR count). The van der Waals surface area contributed by atoms with E-state index < -0.39 is 11.8 Å². The molecule has 6 nitrogen and oxygen atoms in total. The molecule has 1 atom stereocenters. The first-order valence-electron chi connectivity index (χ1n) is 7.20. The lowest BCUT2D eigenvalue weighted by Crippen LogP contribution is -2.44. The maximum atomic E-state index is 11.8. The molecule has 1 aromatic rings. The van der Waals surface area contributed by atoms with Crippen LogP contribution in [0.2, 0.25) is 0 Å². The highest BCUT2D eigenvalue weighted by Crippen LogP contribution is 2.26. The molecule has 0 saturated heterocycles. The van der Waals surface area contributed by atoms with Gasteiger partial charge in [-0.25, -0.2) is 0 Å². The van der Waals surface area contributed by atoms with Gasteiger partial charge in [-0.3, -0.25) is 19.5 Å². The molecule has 2 N–H and O–H groups in total. The van der Waals surface area contributed by atoms with Gasteiger partial charge in [0.15, 0.2) is 0 Å². The van der Waals surface area contributed by atoms with Crippen LogP contribution in [0.3, 0.4) is 0 Å². The van der Waals surface area contributed by atoms with Crippen LogP contribution in [-0.2, 0) is 9.59 Å². The molecule has 1 aliphatic carbocycles. The van der Waals surface area contributed by atoms with Crippen LogP contribution >= 0.6 is 0 Å². The van der Waals surface area contributed by atoms with E-state index in [4.69, 9.17) is 0 Å². The van der Waals surface area contributed by atoms with Crippen molar-refractivity contribution >= 4 is 17.5 Å². The van der Waals surface area contributed by atoms with Crippen LogP contribution in [0.4, 0.5) is 5.69 Å². The zero-order valence-electron chi connectivity index (χ0n) is 12.7. The van der Waals surface area contributed by atoms with E-state index in [0.29, 0.717) is 18.3 Å². The second-order valence-corrected chi connectivity index (χ2v) is 5.60. The Hall–Kier alpha value is -1.95. The first kappa shape index (κ1) is 15.4. The molecular weight excluding hydrogens is 268 g/mol. The van der Waals surface area contributed by atoms with Crippen molar-refractivity contribution in [3.8, 4) is 0 Å². The summed E-state index contributed by atoms with van der Waals surface area (Å²) in [6.45, 7) is 4.36. The van der Waals surface area contributed by atoms with Crippen LogP contribution in [0.5, 0.6) is 0 Å². The van der Waals surface area contributed by atoms with E-state index in [1.165, 1.54) is 19.0 Å². The lowest BCUT2D eigenvalue weighted by molar-refractivity contribution is -0.136. The normalized spacial score (nSPS) is 15.6. The number of rotatable bonds is 5. The van der Waals surface area contributed by atoms with E-state index in [2.05, 4.69) is 20.5 Å². The maximum absolute atomic E-state index is 11.8. The average molecular weight is 290 g/mol. The minimum atomic E-state index is -0.660. The molecule has 1 aliphatic rings. The average Bonchev–Trinajstić information content (AvgIpc) is 3.30. The molecule has 21 heavy (non-hydrogen) atoms. The van der Waals surface area contributed by atoms with Crippen molar-refractivity contribution in [2.75, 3.05) is 18.9 Å². The smallest absolute Gasteiger partial charge is 0.313 e. The molecule has 0 aromatic carbocycles. The van der Waals surface area contributed by atoms with E-state index in [-0.39, 0.29) is 6.04 Å². The highest BCUT2D eigenvalue weighted by atomic mass is 16.2. The van der Waals surface area contributed by atoms with Gasteiger partial charge >= 0.3 is 11.8 Å². The van der Waals surface area contributed by atoms with Gasteiger partial charge in [-0.05, 0) is 45.4 Å². The first-order chi connectivity index (χ1) is 9.99. The summed E-state index contributed by atoms with van der Waals surface area (Å²) in [4.78, 5) is 29.8. The summed E-state index contributed by atoms with van der Waals surface area (Å²) in [5, 5.41) is 5.24. The summed E-state index contributed by atoms with van der Waals surface area (Å²) in [7, 11) is 2.05. The molecule has 0 bridgehead atoms. The monoisotopic (exact) mass is 290 g/mol. The summed E-state index contributed by atoms with van der Waals surface area (Å²) >= 11 is 0. The van der Waals surface area contributed by atoms with Crippen molar-refractivity contribution in [3.05, 3.63) is 24.0 Å². The number of aryl methyl sites for hydroxylation is 1. The fourth-order valence-electron chi connectivity index (χ4n) is 2.08. The topological polar surface area (TPSA) is 74.3 Å². The number of likely N-dealkylation sites (N-methyl/N-ethyl adjacent to an activating group) is 1. The fraction of sp³-hybridized carbons (Fsp3) is 0.533. The maximum Gasteiger partial charge on any atom is 0.313 e. The number of carbonyl (C=O) groups is 2. The number of anilines is 1. The zero-order chi connectivity index (χ0) is 15.4. The van der Waals surface area contributed by atoms with Gasteiger partial charge in [0.2, 0.25) is 0 Å². The number of nitrogens with one attached hydrogen (secondary N) is 2. The summed E-state index contributed by atoms with van der Waals surface area (Å²) in [6.07, 6.45) is 5.61. The Kier molecular flexibility index (Phi) is 4.90. The number of carbonyl (C=O) groups excluding carboxylic acids is 2. The number of hydrogen-bond donors (Lipinski definition) is 2. The zero-order valence-corrected chi connectivity index (χ0v) is 12.7. The highest BCUT2D eigenvalue weighted by molar-refractivity contribution is 6.39. The van der Waals surface area contributed by atoms with Crippen LogP contribution in [0.1, 0.15) is 25.3 Å². The van der Waals surface area contributed by atoms with Gasteiger partial charge in [0.25, 0.3) is 0 Å². The lowest BCUT2D eigenvalue weighted by Gasteiger charge is -2.24. The molecule has 0 spiro atoms. The lowest BCUT2D eigenvalue weighted by atomic mass is 10.2. The second-order valence-electron chi connectivity index (χ2n) is 5.60. The van der Waals surface area contributed by atoms with Gasteiger partial charge in [0.1, 0.15) is 0 Å². The third-order valence-corrected chi connectivity index (χ3v) is 3.87. The largest absolute Gasteiger partial charge is 0.346 e. The fourth-order valence-corrected chi connectivity index (χ4v) is 2.08. The quantitative estimate of drug-likeness (QED) is 0.791. The molecule has 0 radical (unpaired) electrons. The van der Waals surface area contributed by atoms with E-state index >= 15 is 0 Å². The van der Waals surface area contributed by atoms with Gasteiger partial charge < -0.3 is 10.6 Å². The summed E-state index contributed by atoms with van der Waals surface area (Å²) in [6, 6.07) is 2.62. The molecule has 0 aliphatic heterocycles. The molecule has 1 saturated carbocycles. The van der Waals surface area contributed by atoms with Crippen LogP contribution in [0.25, 0.3) is 0 Å². The van der Waals surface area contributed by atoms with Crippen LogP contribution in [0, 0.1) is 6.92 Å². The van der Waals surface area contributed by atoms with Gasteiger partial charge in [0.05, 0.1) is 11.9 Å². The molecule has 114 valence electrons. The third kappa shape index (κ3) is 4.26. The van der Waals surface area contributed by atoms with E-state index in [9.17, 15) is 9.59 Å². The van der Waals surface area contributed by atoms with Crippen LogP contribution in [-0.4, -0.2) is 47.4 Å². The van der Waals surface area contributed by atoms with Gasteiger partial charge in [-0.1, -0.05) is 0 Å². The number of hydrogen-bond acceptors (Lipinski definition) is 4. The minimum absolute atomic E-state index is 0.217.